The molecule has 3 heteroatoms. The zero-order valence-corrected chi connectivity index (χ0v) is 10.4. The van der Waals surface area contributed by atoms with Crippen LogP contribution in [0.2, 0.25) is 0 Å². The summed E-state index contributed by atoms with van der Waals surface area (Å²) >= 11 is 0. The Kier molecular flexibility index (Phi) is 4.22. The van der Waals surface area contributed by atoms with E-state index in [1.54, 1.807) is 0 Å². The van der Waals surface area contributed by atoms with E-state index < -0.39 is 0 Å². The second kappa shape index (κ2) is 5.67. The minimum absolute atomic E-state index is 0.0150. The summed E-state index contributed by atoms with van der Waals surface area (Å²) in [5.74, 6) is 0.308. The van der Waals surface area contributed by atoms with Crippen LogP contribution in [0, 0.1) is 0 Å². The Bertz CT molecular complexity index is 230. The third-order valence-corrected chi connectivity index (χ3v) is 3.88. The quantitative estimate of drug-likeness (QED) is 0.794. The first-order valence-corrected chi connectivity index (χ1v) is 6.82. The van der Waals surface area contributed by atoms with Gasteiger partial charge in [-0.3, -0.25) is 4.79 Å². The molecular weight excluding hydrogens is 200 g/mol. The normalized spacial score (nSPS) is 24.7. The molecule has 0 aromatic carbocycles. The third-order valence-electron chi connectivity index (χ3n) is 3.88. The van der Waals surface area contributed by atoms with Crippen molar-refractivity contribution in [2.45, 2.75) is 64.0 Å². The van der Waals surface area contributed by atoms with Gasteiger partial charge >= 0.3 is 0 Å². The molecule has 0 spiro atoms. The standard InChI is InChI=1S/C13H24N2O/c1-11(13(16)15-9-5-6-10-15)14-12-7-3-2-4-8-12/h11-12,14H,2-10H2,1H3. The van der Waals surface area contributed by atoms with Gasteiger partial charge in [0.25, 0.3) is 0 Å². The van der Waals surface area contributed by atoms with Crippen LogP contribution in [0.25, 0.3) is 0 Å². The lowest BCUT2D eigenvalue weighted by Crippen LogP contribution is -2.48. The molecule has 0 aromatic heterocycles. The van der Waals surface area contributed by atoms with Crippen LogP contribution >= 0.6 is 0 Å². The maximum absolute atomic E-state index is 12.1. The lowest BCUT2D eigenvalue weighted by molar-refractivity contribution is -0.132. The van der Waals surface area contributed by atoms with Crippen molar-refractivity contribution in [3.05, 3.63) is 0 Å². The molecule has 0 radical (unpaired) electrons. The van der Waals surface area contributed by atoms with Crippen LogP contribution in [0.4, 0.5) is 0 Å². The smallest absolute Gasteiger partial charge is 0.239 e. The molecule has 1 N–H and O–H groups in total. The molecule has 2 rings (SSSR count). The van der Waals surface area contributed by atoms with E-state index >= 15 is 0 Å². The van der Waals surface area contributed by atoms with Gasteiger partial charge in [-0.1, -0.05) is 19.3 Å². The van der Waals surface area contributed by atoms with E-state index in [0.717, 1.165) is 13.1 Å². The Morgan fingerprint density at radius 2 is 1.75 bits per heavy atom. The van der Waals surface area contributed by atoms with Crippen molar-refractivity contribution in [2.75, 3.05) is 13.1 Å². The van der Waals surface area contributed by atoms with Gasteiger partial charge in [0.05, 0.1) is 6.04 Å². The topological polar surface area (TPSA) is 32.3 Å². The summed E-state index contributed by atoms with van der Waals surface area (Å²) in [7, 11) is 0. The van der Waals surface area contributed by atoms with Gasteiger partial charge in [-0.05, 0) is 32.6 Å². The van der Waals surface area contributed by atoms with E-state index in [1.165, 1.54) is 44.9 Å². The monoisotopic (exact) mass is 224 g/mol. The molecule has 2 fully saturated rings. The van der Waals surface area contributed by atoms with Gasteiger partial charge in [0.2, 0.25) is 5.91 Å². The van der Waals surface area contributed by atoms with Gasteiger partial charge < -0.3 is 10.2 Å². The molecule has 0 bridgehead atoms. The first kappa shape index (κ1) is 11.9. The fourth-order valence-corrected chi connectivity index (χ4v) is 2.91. The van der Waals surface area contributed by atoms with Crippen molar-refractivity contribution in [2.24, 2.45) is 0 Å². The molecular formula is C13H24N2O. The van der Waals surface area contributed by atoms with E-state index in [-0.39, 0.29) is 6.04 Å². The Hall–Kier alpha value is -0.570. The predicted molar refractivity (Wildman–Crippen MR) is 65.3 cm³/mol. The maximum atomic E-state index is 12.1. The molecule has 1 saturated heterocycles. The summed E-state index contributed by atoms with van der Waals surface area (Å²) in [6, 6.07) is 0.594. The second-order valence-electron chi connectivity index (χ2n) is 5.26. The molecule has 1 aliphatic carbocycles. The van der Waals surface area contributed by atoms with Crippen molar-refractivity contribution in [3.63, 3.8) is 0 Å². The number of likely N-dealkylation sites (tertiary alicyclic amines) is 1. The summed E-state index contributed by atoms with van der Waals surface area (Å²) in [6.07, 6.45) is 8.87. The van der Waals surface area contributed by atoms with Crippen LogP contribution < -0.4 is 5.32 Å². The van der Waals surface area contributed by atoms with Gasteiger partial charge in [-0.15, -0.1) is 0 Å². The predicted octanol–water partition coefficient (Wildman–Crippen LogP) is 1.92. The molecule has 92 valence electrons. The molecule has 2 aliphatic rings. The van der Waals surface area contributed by atoms with Crippen LogP contribution in [0.15, 0.2) is 0 Å². The second-order valence-corrected chi connectivity index (χ2v) is 5.26. The average molecular weight is 224 g/mol. The number of nitrogens with one attached hydrogen (secondary N) is 1. The van der Waals surface area contributed by atoms with Gasteiger partial charge in [-0.2, -0.15) is 0 Å². The molecule has 1 heterocycles. The van der Waals surface area contributed by atoms with Crippen molar-refractivity contribution in [1.82, 2.24) is 10.2 Å². The molecule has 0 aromatic rings. The van der Waals surface area contributed by atoms with E-state index in [9.17, 15) is 4.79 Å². The highest BCUT2D eigenvalue weighted by atomic mass is 16.2. The number of nitrogens with zero attached hydrogens (tertiary/aromatic N) is 1. The summed E-state index contributed by atoms with van der Waals surface area (Å²) in [6.45, 7) is 3.96. The highest BCUT2D eigenvalue weighted by Crippen LogP contribution is 2.18. The van der Waals surface area contributed by atoms with Crippen LogP contribution in [0.5, 0.6) is 0 Å². The van der Waals surface area contributed by atoms with Crippen LogP contribution in [-0.2, 0) is 4.79 Å². The number of hydrogen-bond acceptors (Lipinski definition) is 2. The lowest BCUT2D eigenvalue weighted by atomic mass is 9.95. The summed E-state index contributed by atoms with van der Waals surface area (Å²) in [4.78, 5) is 14.1. The number of carbonyl (C=O) groups excluding carboxylic acids is 1. The van der Waals surface area contributed by atoms with Crippen LogP contribution in [0.3, 0.4) is 0 Å². The number of rotatable bonds is 3. The van der Waals surface area contributed by atoms with E-state index in [0.29, 0.717) is 11.9 Å². The first-order chi connectivity index (χ1) is 7.77. The molecule has 1 saturated carbocycles. The van der Waals surface area contributed by atoms with E-state index in [2.05, 4.69) is 5.32 Å². The number of amides is 1. The minimum atomic E-state index is 0.0150. The highest BCUT2D eigenvalue weighted by molar-refractivity contribution is 5.81. The Labute approximate surface area is 98.6 Å². The third kappa shape index (κ3) is 2.97. The van der Waals surface area contributed by atoms with Gasteiger partial charge in [0.15, 0.2) is 0 Å². The summed E-state index contributed by atoms with van der Waals surface area (Å²) in [5, 5.41) is 3.50. The van der Waals surface area contributed by atoms with Gasteiger partial charge in [0.1, 0.15) is 0 Å². The molecule has 16 heavy (non-hydrogen) atoms. The maximum Gasteiger partial charge on any atom is 0.239 e. The van der Waals surface area contributed by atoms with Crippen LogP contribution in [-0.4, -0.2) is 36.0 Å². The SMILES string of the molecule is CC(NC1CCCCC1)C(=O)N1CCCC1. The largest absolute Gasteiger partial charge is 0.341 e. The highest BCUT2D eigenvalue weighted by Gasteiger charge is 2.25. The molecule has 1 unspecified atom stereocenters. The molecule has 1 atom stereocenters. The lowest BCUT2D eigenvalue weighted by Gasteiger charge is -2.28. The fourth-order valence-electron chi connectivity index (χ4n) is 2.91. The van der Waals surface area contributed by atoms with Crippen molar-refractivity contribution < 1.29 is 4.79 Å². The Balaban J connectivity index is 1.77. The van der Waals surface area contributed by atoms with Crippen molar-refractivity contribution >= 4 is 5.91 Å². The molecule has 1 aliphatic heterocycles. The van der Waals surface area contributed by atoms with E-state index in [1.807, 2.05) is 11.8 Å². The molecule has 3 nitrogen and oxygen atoms in total. The van der Waals surface area contributed by atoms with Crippen molar-refractivity contribution in [1.29, 1.82) is 0 Å². The molecule has 1 amide bonds. The van der Waals surface area contributed by atoms with Crippen LogP contribution in [0.1, 0.15) is 51.9 Å². The fraction of sp³-hybridized carbons (Fsp3) is 0.923. The van der Waals surface area contributed by atoms with E-state index in [4.69, 9.17) is 0 Å². The zero-order valence-electron chi connectivity index (χ0n) is 10.4. The Morgan fingerprint density at radius 1 is 1.12 bits per heavy atom. The minimum Gasteiger partial charge on any atom is -0.341 e. The van der Waals surface area contributed by atoms with Crippen molar-refractivity contribution in [3.8, 4) is 0 Å². The van der Waals surface area contributed by atoms with Gasteiger partial charge in [0, 0.05) is 19.1 Å². The number of hydrogen-bond donors (Lipinski definition) is 1. The first-order valence-electron chi connectivity index (χ1n) is 6.82. The van der Waals surface area contributed by atoms with Gasteiger partial charge in [-0.25, -0.2) is 0 Å². The number of carbonyl (C=O) groups is 1. The Morgan fingerprint density at radius 3 is 2.38 bits per heavy atom. The summed E-state index contributed by atoms with van der Waals surface area (Å²) < 4.78 is 0. The zero-order chi connectivity index (χ0) is 11.4. The average Bonchev–Trinajstić information content (AvgIpc) is 2.83. The summed E-state index contributed by atoms with van der Waals surface area (Å²) in [5.41, 5.74) is 0.